The molecule has 0 radical (unpaired) electrons. The highest BCUT2D eigenvalue weighted by Gasteiger charge is 2.31. The molecule has 0 atom stereocenters. The lowest BCUT2D eigenvalue weighted by Crippen LogP contribution is -2.25. The molecule has 0 N–H and O–H groups in total. The molecule has 0 amide bonds. The highest BCUT2D eigenvalue weighted by Crippen LogP contribution is 2.44. The van der Waals surface area contributed by atoms with Crippen molar-refractivity contribution in [2.75, 3.05) is 0 Å². The highest BCUT2D eigenvalue weighted by atomic mass is 19.4. The Morgan fingerprint density at radius 3 is 1.79 bits per heavy atom. The van der Waals surface area contributed by atoms with Gasteiger partial charge in [-0.15, -0.1) is 6.58 Å². The van der Waals surface area contributed by atoms with Crippen LogP contribution in [0, 0.1) is 29.4 Å². The van der Waals surface area contributed by atoms with Gasteiger partial charge < -0.3 is 0 Å². The van der Waals surface area contributed by atoms with Gasteiger partial charge in [0.1, 0.15) is 11.6 Å². The van der Waals surface area contributed by atoms with Crippen molar-refractivity contribution in [3.63, 3.8) is 0 Å². The first-order valence-corrected chi connectivity index (χ1v) is 10.1. The second kappa shape index (κ2) is 8.79. The molecule has 0 aromatic heterocycles. The lowest BCUT2D eigenvalue weighted by Gasteiger charge is -2.37. The maximum absolute atomic E-state index is 14.2. The first-order valence-electron chi connectivity index (χ1n) is 10.1. The molecule has 3 rings (SSSR count). The van der Waals surface area contributed by atoms with Crippen molar-refractivity contribution in [3.8, 4) is 0 Å². The van der Waals surface area contributed by atoms with E-state index in [9.17, 15) is 22.0 Å². The molecule has 0 bridgehead atoms. The normalized spacial score (nSPS) is 29.2. The van der Waals surface area contributed by atoms with Crippen LogP contribution < -0.4 is 0 Å². The molecule has 0 heterocycles. The van der Waals surface area contributed by atoms with Gasteiger partial charge in [-0.1, -0.05) is 6.08 Å². The third kappa shape index (κ3) is 5.24. The van der Waals surface area contributed by atoms with E-state index in [-0.39, 0.29) is 12.0 Å². The number of alkyl halides is 3. The molecule has 0 nitrogen and oxygen atoms in total. The molecule has 1 aromatic carbocycles. The lowest BCUT2D eigenvalue weighted by molar-refractivity contribution is -0.0790. The Morgan fingerprint density at radius 2 is 1.32 bits per heavy atom. The monoisotopic (exact) mass is 398 g/mol. The summed E-state index contributed by atoms with van der Waals surface area (Å²) in [6.07, 6.45) is 6.52. The molecule has 0 unspecified atom stereocenters. The van der Waals surface area contributed by atoms with E-state index in [1.165, 1.54) is 37.8 Å². The average Bonchev–Trinajstić information content (AvgIpc) is 2.66. The van der Waals surface area contributed by atoms with Crippen LogP contribution in [0.3, 0.4) is 0 Å². The summed E-state index contributed by atoms with van der Waals surface area (Å²) < 4.78 is 65.2. The zero-order valence-corrected chi connectivity index (χ0v) is 15.9. The minimum Gasteiger partial charge on any atom is -0.206 e. The fraction of sp³-hybridized carbons (Fsp3) is 0.565. The van der Waals surface area contributed by atoms with E-state index in [0.717, 1.165) is 31.6 Å². The van der Waals surface area contributed by atoms with Gasteiger partial charge in [-0.05, 0) is 98.8 Å². The minimum absolute atomic E-state index is 0.0745. The first kappa shape index (κ1) is 21.1. The zero-order valence-electron chi connectivity index (χ0n) is 15.9. The molecule has 0 aliphatic heterocycles. The van der Waals surface area contributed by atoms with Crippen LogP contribution in [0.1, 0.15) is 68.4 Å². The fourth-order valence-corrected chi connectivity index (χ4v) is 4.95. The fourth-order valence-electron chi connectivity index (χ4n) is 4.95. The highest BCUT2D eigenvalue weighted by molar-refractivity contribution is 5.52. The van der Waals surface area contributed by atoms with Crippen molar-refractivity contribution in [3.05, 3.63) is 53.6 Å². The van der Waals surface area contributed by atoms with Crippen molar-refractivity contribution in [2.45, 2.75) is 63.5 Å². The van der Waals surface area contributed by atoms with Gasteiger partial charge >= 0.3 is 6.18 Å². The topological polar surface area (TPSA) is 0 Å². The average molecular weight is 398 g/mol. The van der Waals surface area contributed by atoms with Crippen LogP contribution in [-0.2, 0) is 0 Å². The van der Waals surface area contributed by atoms with Crippen LogP contribution in [0.5, 0.6) is 0 Å². The summed E-state index contributed by atoms with van der Waals surface area (Å²) >= 11 is 0. The number of hydrogen-bond donors (Lipinski definition) is 0. The number of hydrogen-bond acceptors (Lipinski definition) is 0. The predicted molar refractivity (Wildman–Crippen MR) is 102 cm³/mol. The van der Waals surface area contributed by atoms with E-state index < -0.39 is 23.4 Å². The molecule has 2 fully saturated rings. The maximum atomic E-state index is 14.2. The standard InChI is InChI=1S/C23H27F5/c1-2-15-3-5-16(6-4-15)17-7-9-18(10-8-17)19-13-21(24)20(22(25)14-19)11-12-23(26,27)28/h2,11-18H,1,3-10H2. The van der Waals surface area contributed by atoms with Crippen LogP contribution in [-0.4, -0.2) is 6.18 Å². The van der Waals surface area contributed by atoms with Crippen molar-refractivity contribution in [1.82, 2.24) is 0 Å². The van der Waals surface area contributed by atoms with E-state index >= 15 is 0 Å². The molecular weight excluding hydrogens is 371 g/mol. The molecule has 0 saturated heterocycles. The largest absolute Gasteiger partial charge is 0.409 e. The molecule has 0 spiro atoms. The summed E-state index contributed by atoms with van der Waals surface area (Å²) in [7, 11) is 0. The first-order chi connectivity index (χ1) is 13.3. The summed E-state index contributed by atoms with van der Waals surface area (Å²) in [5, 5.41) is 0. The van der Waals surface area contributed by atoms with Gasteiger partial charge in [-0.2, -0.15) is 13.2 Å². The van der Waals surface area contributed by atoms with Crippen molar-refractivity contribution >= 4 is 6.08 Å². The summed E-state index contributed by atoms with van der Waals surface area (Å²) in [6, 6.07) is 2.42. The number of rotatable bonds is 4. The third-order valence-electron chi connectivity index (χ3n) is 6.60. The zero-order chi connectivity index (χ0) is 20.3. The van der Waals surface area contributed by atoms with Crippen LogP contribution in [0.2, 0.25) is 0 Å². The van der Waals surface area contributed by atoms with Gasteiger partial charge in [-0.25, -0.2) is 8.78 Å². The van der Waals surface area contributed by atoms with E-state index in [0.29, 0.717) is 23.5 Å². The summed E-state index contributed by atoms with van der Waals surface area (Å²) in [5.41, 5.74) is -0.0679. The Kier molecular flexibility index (Phi) is 6.61. The van der Waals surface area contributed by atoms with Gasteiger partial charge in [0, 0.05) is 11.6 Å². The molecule has 5 heteroatoms. The van der Waals surface area contributed by atoms with Crippen LogP contribution >= 0.6 is 0 Å². The van der Waals surface area contributed by atoms with Gasteiger partial charge in [-0.3, -0.25) is 0 Å². The van der Waals surface area contributed by atoms with Gasteiger partial charge in [0.25, 0.3) is 0 Å². The molecular formula is C23H27F5. The Balaban J connectivity index is 1.61. The van der Waals surface area contributed by atoms with E-state index in [4.69, 9.17) is 0 Å². The molecule has 2 saturated carbocycles. The quantitative estimate of drug-likeness (QED) is 0.358. The van der Waals surface area contributed by atoms with E-state index in [1.807, 2.05) is 0 Å². The number of benzene rings is 1. The minimum atomic E-state index is -4.60. The van der Waals surface area contributed by atoms with Gasteiger partial charge in [0.05, 0.1) is 0 Å². The summed E-state index contributed by atoms with van der Waals surface area (Å²) in [5.74, 6) is 0.265. The predicted octanol–water partition coefficient (Wildman–Crippen LogP) is 7.81. The second-order valence-corrected chi connectivity index (χ2v) is 8.30. The third-order valence-corrected chi connectivity index (χ3v) is 6.60. The van der Waals surface area contributed by atoms with Gasteiger partial charge in [0.15, 0.2) is 0 Å². The Morgan fingerprint density at radius 1 is 0.821 bits per heavy atom. The molecule has 2 aliphatic rings. The Bertz CT molecular complexity index is 679. The van der Waals surface area contributed by atoms with Crippen molar-refractivity contribution in [1.29, 1.82) is 0 Å². The molecule has 1 aromatic rings. The van der Waals surface area contributed by atoms with Crippen LogP contribution in [0.25, 0.3) is 6.08 Å². The smallest absolute Gasteiger partial charge is 0.206 e. The van der Waals surface area contributed by atoms with E-state index in [1.54, 1.807) is 0 Å². The molecule has 28 heavy (non-hydrogen) atoms. The summed E-state index contributed by atoms with van der Waals surface area (Å²) in [6.45, 7) is 3.89. The second-order valence-electron chi connectivity index (χ2n) is 8.30. The van der Waals surface area contributed by atoms with Crippen molar-refractivity contribution < 1.29 is 22.0 Å². The number of halogens is 5. The Labute approximate surface area is 163 Å². The van der Waals surface area contributed by atoms with E-state index in [2.05, 4.69) is 12.7 Å². The number of allylic oxidation sites excluding steroid dienone is 2. The maximum Gasteiger partial charge on any atom is 0.409 e. The Hall–Kier alpha value is -1.65. The SMILES string of the molecule is C=CC1CCC(C2CCC(c3cc(F)c(C=CC(F)(F)F)c(F)c3)CC2)CC1. The lowest BCUT2D eigenvalue weighted by atomic mass is 9.68. The summed E-state index contributed by atoms with van der Waals surface area (Å²) in [4.78, 5) is 0. The van der Waals surface area contributed by atoms with Gasteiger partial charge in [0.2, 0.25) is 0 Å². The van der Waals surface area contributed by atoms with Crippen molar-refractivity contribution in [2.24, 2.45) is 17.8 Å². The van der Waals surface area contributed by atoms with Crippen LogP contribution in [0.4, 0.5) is 22.0 Å². The molecule has 154 valence electrons. The molecule has 2 aliphatic carbocycles. The van der Waals surface area contributed by atoms with Crippen LogP contribution in [0.15, 0.2) is 30.9 Å².